The zero-order chi connectivity index (χ0) is 12.5. The molecule has 0 saturated carbocycles. The highest BCUT2D eigenvalue weighted by Crippen LogP contribution is 2.34. The van der Waals surface area contributed by atoms with E-state index in [1.54, 1.807) is 0 Å². The molecule has 0 amide bonds. The highest BCUT2D eigenvalue weighted by atomic mass is 79.9. The van der Waals surface area contributed by atoms with E-state index in [2.05, 4.69) is 39.1 Å². The number of rotatable bonds is 0. The molecule has 0 radical (unpaired) electrons. The minimum absolute atomic E-state index is 0.793. The lowest BCUT2D eigenvalue weighted by Gasteiger charge is -2.09. The van der Waals surface area contributed by atoms with Gasteiger partial charge in [0.05, 0.1) is 5.69 Å². The summed E-state index contributed by atoms with van der Waals surface area (Å²) in [7, 11) is 0. The molecule has 0 atom stereocenters. The number of fused-ring (bicyclic) bond motifs is 2. The molecule has 0 fully saturated rings. The number of nitrogens with zero attached hydrogens (tertiary/aromatic N) is 1. The Balaban J connectivity index is 2.25. The topological polar surface area (TPSA) is 12.9 Å². The fraction of sp³-hybridized carbons (Fsp3) is 0.133. The highest BCUT2D eigenvalue weighted by molar-refractivity contribution is 9.11. The monoisotopic (exact) mass is 319 g/mol. The summed E-state index contributed by atoms with van der Waals surface area (Å²) in [6.07, 6.45) is 3.84. The van der Waals surface area contributed by atoms with E-state index in [4.69, 9.17) is 11.6 Å². The Bertz CT molecular complexity index is 634. The van der Waals surface area contributed by atoms with Crippen molar-refractivity contribution < 1.29 is 0 Å². The first-order valence-electron chi connectivity index (χ1n) is 5.83. The van der Waals surface area contributed by atoms with Crippen molar-refractivity contribution in [2.45, 2.75) is 12.8 Å². The fourth-order valence-corrected chi connectivity index (χ4v) is 3.08. The fourth-order valence-electron chi connectivity index (χ4n) is 2.42. The molecule has 1 aliphatic rings. The molecular weight excluding hydrogens is 310 g/mol. The van der Waals surface area contributed by atoms with Crippen molar-refractivity contribution in [1.29, 1.82) is 0 Å². The summed E-state index contributed by atoms with van der Waals surface area (Å²) in [5.41, 5.74) is 5.99. The van der Waals surface area contributed by atoms with Crippen molar-refractivity contribution in [2.24, 2.45) is 0 Å². The molecule has 0 saturated heterocycles. The molecule has 1 nitrogen and oxygen atoms in total. The lowest BCUT2D eigenvalue weighted by molar-refractivity contribution is 0.955. The molecule has 2 aromatic rings. The molecule has 0 unspecified atom stereocenters. The molecule has 1 heterocycles. The van der Waals surface area contributed by atoms with Crippen LogP contribution in [0.25, 0.3) is 5.57 Å². The van der Waals surface area contributed by atoms with E-state index in [1.807, 2.05) is 23.3 Å². The van der Waals surface area contributed by atoms with Gasteiger partial charge in [-0.2, -0.15) is 0 Å². The Morgan fingerprint density at radius 2 is 2.00 bits per heavy atom. The molecule has 0 aliphatic heterocycles. The zero-order valence-corrected chi connectivity index (χ0v) is 12.0. The van der Waals surface area contributed by atoms with E-state index >= 15 is 0 Å². The largest absolute Gasteiger partial charge is 0.256 e. The van der Waals surface area contributed by atoms with Crippen LogP contribution in [0.4, 0.5) is 0 Å². The summed E-state index contributed by atoms with van der Waals surface area (Å²) in [4.78, 5) is 6.48. The number of hydrogen-bond donors (Lipinski definition) is 0. The minimum Gasteiger partial charge on any atom is -0.256 e. The number of pyridine rings is 1. The Morgan fingerprint density at radius 3 is 2.83 bits per heavy atom. The maximum Gasteiger partial charge on any atom is 0.0745 e. The smallest absolute Gasteiger partial charge is 0.0745 e. The second-order valence-corrected chi connectivity index (χ2v) is 5.23. The van der Waals surface area contributed by atoms with Crippen LogP contribution in [0.1, 0.15) is 22.4 Å². The van der Waals surface area contributed by atoms with E-state index in [-0.39, 0.29) is 0 Å². The molecule has 90 valence electrons. The third-order valence-corrected chi connectivity index (χ3v) is 3.97. The highest BCUT2D eigenvalue weighted by Gasteiger charge is 2.18. The second kappa shape index (κ2) is 4.87. The lowest BCUT2D eigenvalue weighted by atomic mass is 9.99. The van der Waals surface area contributed by atoms with Gasteiger partial charge in [-0.3, -0.25) is 4.98 Å². The van der Waals surface area contributed by atoms with Gasteiger partial charge in [0.1, 0.15) is 0 Å². The predicted molar refractivity (Wildman–Crippen MR) is 79.1 cm³/mol. The minimum atomic E-state index is 0.793. The maximum absolute atomic E-state index is 6.09. The van der Waals surface area contributed by atoms with E-state index in [1.165, 1.54) is 16.7 Å². The van der Waals surface area contributed by atoms with E-state index < -0.39 is 0 Å². The SMILES string of the molecule is Clc1ccc2c(c1)CCc1cccnc1C2=CBr. The molecule has 3 rings (SSSR count). The van der Waals surface area contributed by atoms with Crippen LogP contribution in [0.2, 0.25) is 5.02 Å². The van der Waals surface area contributed by atoms with Crippen LogP contribution < -0.4 is 0 Å². The van der Waals surface area contributed by atoms with Gasteiger partial charge in [0.15, 0.2) is 0 Å². The molecule has 0 spiro atoms. The Hall–Kier alpha value is -1.12. The van der Waals surface area contributed by atoms with Crippen LogP contribution in [0.3, 0.4) is 0 Å². The van der Waals surface area contributed by atoms with Gasteiger partial charge in [0, 0.05) is 16.8 Å². The molecule has 1 aliphatic carbocycles. The molecule has 1 aromatic heterocycles. The Labute approximate surface area is 120 Å². The third kappa shape index (κ3) is 2.00. The van der Waals surface area contributed by atoms with Gasteiger partial charge >= 0.3 is 0 Å². The summed E-state index contributed by atoms with van der Waals surface area (Å²) in [5.74, 6) is 0. The van der Waals surface area contributed by atoms with Gasteiger partial charge in [-0.05, 0) is 52.7 Å². The van der Waals surface area contributed by atoms with Gasteiger partial charge < -0.3 is 0 Å². The van der Waals surface area contributed by atoms with E-state index in [0.29, 0.717) is 0 Å². The van der Waals surface area contributed by atoms with Crippen LogP contribution in [0.15, 0.2) is 41.5 Å². The summed E-state index contributed by atoms with van der Waals surface area (Å²) in [6.45, 7) is 0. The predicted octanol–water partition coefficient (Wildman–Crippen LogP) is 4.62. The van der Waals surface area contributed by atoms with Crippen molar-refractivity contribution in [3.63, 3.8) is 0 Å². The number of aromatic nitrogens is 1. The van der Waals surface area contributed by atoms with E-state index in [0.717, 1.165) is 29.1 Å². The second-order valence-electron chi connectivity index (χ2n) is 4.34. The van der Waals surface area contributed by atoms with Crippen LogP contribution in [-0.4, -0.2) is 4.98 Å². The summed E-state index contributed by atoms with van der Waals surface area (Å²) in [6, 6.07) is 10.2. The average Bonchev–Trinajstić information content (AvgIpc) is 2.55. The van der Waals surface area contributed by atoms with Gasteiger partial charge in [-0.25, -0.2) is 0 Å². The van der Waals surface area contributed by atoms with Crippen molar-refractivity contribution in [2.75, 3.05) is 0 Å². The molecule has 1 aromatic carbocycles. The van der Waals surface area contributed by atoms with Crippen LogP contribution >= 0.6 is 27.5 Å². The first-order chi connectivity index (χ1) is 8.79. The van der Waals surface area contributed by atoms with Gasteiger partial charge in [0.25, 0.3) is 0 Å². The van der Waals surface area contributed by atoms with Crippen molar-refractivity contribution >= 4 is 33.1 Å². The quantitative estimate of drug-likeness (QED) is 0.690. The average molecular weight is 321 g/mol. The summed E-state index contributed by atoms with van der Waals surface area (Å²) >= 11 is 9.55. The van der Waals surface area contributed by atoms with Crippen LogP contribution in [0, 0.1) is 0 Å². The van der Waals surface area contributed by atoms with Gasteiger partial charge in [0.2, 0.25) is 0 Å². The van der Waals surface area contributed by atoms with E-state index in [9.17, 15) is 0 Å². The van der Waals surface area contributed by atoms with Crippen molar-refractivity contribution in [3.8, 4) is 0 Å². The first kappa shape index (κ1) is 11.9. The van der Waals surface area contributed by atoms with Gasteiger partial charge in [-0.15, -0.1) is 0 Å². The summed E-state index contributed by atoms with van der Waals surface area (Å²) in [5, 5.41) is 0.793. The Kier molecular flexibility index (Phi) is 3.23. The first-order valence-corrected chi connectivity index (χ1v) is 7.12. The number of hydrogen-bond acceptors (Lipinski definition) is 1. The number of aryl methyl sites for hydroxylation is 2. The van der Waals surface area contributed by atoms with Crippen LogP contribution in [0.5, 0.6) is 0 Å². The molecule has 0 bridgehead atoms. The standard InChI is InChI=1S/C15H11BrClN/c16-9-14-13-6-5-12(17)8-11(13)4-3-10-2-1-7-18-15(10)14/h1-2,5-9H,3-4H2. The normalized spacial score (nSPS) is 16.0. The number of halogens is 2. The molecule has 3 heteroatoms. The molecular formula is C15H11BrClN. The lowest BCUT2D eigenvalue weighted by Crippen LogP contribution is -1.94. The Morgan fingerprint density at radius 1 is 1.17 bits per heavy atom. The van der Waals surface area contributed by atoms with Gasteiger partial charge in [-0.1, -0.05) is 39.7 Å². The van der Waals surface area contributed by atoms with Crippen LogP contribution in [-0.2, 0) is 12.8 Å². The van der Waals surface area contributed by atoms with Crippen molar-refractivity contribution in [1.82, 2.24) is 4.98 Å². The zero-order valence-electron chi connectivity index (χ0n) is 9.66. The molecule has 0 N–H and O–H groups in total. The third-order valence-electron chi connectivity index (χ3n) is 3.28. The van der Waals surface area contributed by atoms with Crippen molar-refractivity contribution in [3.05, 3.63) is 68.9 Å². The summed E-state index contributed by atoms with van der Waals surface area (Å²) < 4.78 is 0. The molecule has 18 heavy (non-hydrogen) atoms. The maximum atomic E-state index is 6.09. The number of benzene rings is 1.